The molecule has 0 bridgehead atoms. The lowest BCUT2D eigenvalue weighted by Crippen LogP contribution is -2.48. The molecule has 4 nitrogen and oxygen atoms in total. The third-order valence-corrected chi connectivity index (χ3v) is 5.05. The van der Waals surface area contributed by atoms with Crippen LogP contribution in [0, 0.1) is 0 Å². The number of hydrogen-bond acceptors (Lipinski definition) is 3. The van der Waals surface area contributed by atoms with Crippen LogP contribution < -0.4 is 0 Å². The number of likely N-dealkylation sites (tertiary alicyclic amines) is 2. The van der Waals surface area contributed by atoms with Gasteiger partial charge in [0, 0.05) is 24.4 Å². The van der Waals surface area contributed by atoms with Gasteiger partial charge in [0.25, 0.3) is 0 Å². The second kappa shape index (κ2) is 5.95. The quantitative estimate of drug-likeness (QED) is 0.857. The Kier molecular flexibility index (Phi) is 4.05. The normalized spacial score (nSPS) is 23.4. The van der Waals surface area contributed by atoms with Crippen molar-refractivity contribution in [2.24, 2.45) is 0 Å². The Morgan fingerprint density at radius 3 is 2.80 bits per heavy atom. The van der Waals surface area contributed by atoms with Crippen LogP contribution >= 0.6 is 11.3 Å². The topological polar surface area (TPSA) is 40.6 Å². The molecule has 1 aromatic heterocycles. The van der Waals surface area contributed by atoms with Crippen LogP contribution in [0.25, 0.3) is 0 Å². The highest BCUT2D eigenvalue weighted by Gasteiger charge is 2.38. The highest BCUT2D eigenvalue weighted by Crippen LogP contribution is 2.25. The summed E-state index contributed by atoms with van der Waals surface area (Å²) in [6.07, 6.45) is 4.59. The summed E-state index contributed by atoms with van der Waals surface area (Å²) in [7, 11) is 0. The van der Waals surface area contributed by atoms with Crippen molar-refractivity contribution < 1.29 is 9.59 Å². The maximum atomic E-state index is 12.6. The minimum atomic E-state index is -0.234. The first-order valence-electron chi connectivity index (χ1n) is 7.36. The number of carbonyl (C=O) groups excluding carboxylic acids is 2. The predicted molar refractivity (Wildman–Crippen MR) is 78.3 cm³/mol. The van der Waals surface area contributed by atoms with Crippen LogP contribution in [0.5, 0.6) is 0 Å². The third-order valence-electron chi connectivity index (χ3n) is 4.19. The van der Waals surface area contributed by atoms with E-state index in [0.29, 0.717) is 19.4 Å². The van der Waals surface area contributed by atoms with Crippen LogP contribution in [0.15, 0.2) is 17.5 Å². The molecule has 0 aromatic carbocycles. The average Bonchev–Trinajstić information content (AvgIpc) is 3.11. The molecule has 1 atom stereocenters. The van der Waals surface area contributed by atoms with Crippen molar-refractivity contribution in [3.8, 4) is 0 Å². The number of nitrogens with zero attached hydrogens (tertiary/aromatic N) is 2. The first-order valence-corrected chi connectivity index (χ1v) is 8.24. The zero-order valence-corrected chi connectivity index (χ0v) is 12.4. The Morgan fingerprint density at radius 1 is 1.30 bits per heavy atom. The lowest BCUT2D eigenvalue weighted by atomic mass is 10.1. The fraction of sp³-hybridized carbons (Fsp3) is 0.600. The van der Waals surface area contributed by atoms with Crippen LogP contribution in [0.1, 0.15) is 37.0 Å². The first kappa shape index (κ1) is 13.6. The molecule has 0 spiro atoms. The van der Waals surface area contributed by atoms with E-state index in [2.05, 4.69) is 0 Å². The largest absolute Gasteiger partial charge is 0.341 e. The smallest absolute Gasteiger partial charge is 0.245 e. The van der Waals surface area contributed by atoms with Crippen molar-refractivity contribution in [1.82, 2.24) is 9.80 Å². The van der Waals surface area contributed by atoms with Gasteiger partial charge in [-0.3, -0.25) is 9.59 Å². The summed E-state index contributed by atoms with van der Waals surface area (Å²) in [6.45, 7) is 2.30. The molecule has 2 fully saturated rings. The van der Waals surface area contributed by atoms with E-state index >= 15 is 0 Å². The van der Waals surface area contributed by atoms with E-state index < -0.39 is 0 Å². The van der Waals surface area contributed by atoms with Gasteiger partial charge in [-0.25, -0.2) is 0 Å². The number of carbonyl (C=O) groups is 2. The Labute approximate surface area is 123 Å². The maximum Gasteiger partial charge on any atom is 0.245 e. The van der Waals surface area contributed by atoms with Gasteiger partial charge in [0.2, 0.25) is 11.8 Å². The molecule has 5 heteroatoms. The molecule has 20 heavy (non-hydrogen) atoms. The van der Waals surface area contributed by atoms with Gasteiger partial charge in [0.15, 0.2) is 0 Å². The number of hydrogen-bond donors (Lipinski definition) is 0. The Bertz CT molecular complexity index is 480. The van der Waals surface area contributed by atoms with Crippen molar-refractivity contribution in [2.45, 2.75) is 44.7 Å². The van der Waals surface area contributed by atoms with Crippen LogP contribution in [-0.4, -0.2) is 40.7 Å². The number of thiophene rings is 1. The van der Waals surface area contributed by atoms with Gasteiger partial charge >= 0.3 is 0 Å². The average molecular weight is 292 g/mol. The molecular formula is C15H20N2O2S. The molecule has 3 rings (SSSR count). The molecule has 0 saturated carbocycles. The number of rotatable bonds is 3. The maximum absolute atomic E-state index is 12.6. The zero-order valence-electron chi connectivity index (χ0n) is 11.6. The highest BCUT2D eigenvalue weighted by molar-refractivity contribution is 7.09. The van der Waals surface area contributed by atoms with E-state index in [1.54, 1.807) is 16.2 Å². The minimum Gasteiger partial charge on any atom is -0.341 e. The summed E-state index contributed by atoms with van der Waals surface area (Å²) in [5, 5.41) is 2.01. The van der Waals surface area contributed by atoms with Crippen LogP contribution in [0.3, 0.4) is 0 Å². The molecule has 2 saturated heterocycles. The monoisotopic (exact) mass is 292 g/mol. The van der Waals surface area contributed by atoms with Crippen LogP contribution in [0.2, 0.25) is 0 Å². The Hall–Kier alpha value is -1.36. The van der Waals surface area contributed by atoms with E-state index in [0.717, 1.165) is 30.8 Å². The van der Waals surface area contributed by atoms with Crippen molar-refractivity contribution in [1.29, 1.82) is 0 Å². The molecule has 2 aliphatic heterocycles. The highest BCUT2D eigenvalue weighted by atomic mass is 32.1. The summed E-state index contributed by atoms with van der Waals surface area (Å²) in [4.78, 5) is 29.6. The van der Waals surface area contributed by atoms with E-state index in [1.165, 1.54) is 6.42 Å². The first-order chi connectivity index (χ1) is 9.75. The van der Waals surface area contributed by atoms with E-state index in [1.807, 2.05) is 22.4 Å². The fourth-order valence-corrected chi connectivity index (χ4v) is 3.79. The molecule has 0 radical (unpaired) electrons. The standard InChI is InChI=1S/C15H20N2O2S/c18-14-7-6-13(15(19)16-8-2-1-3-9-16)17(14)11-12-5-4-10-20-12/h4-5,10,13H,1-3,6-9,11H2/t13-/m0/s1. The summed E-state index contributed by atoms with van der Waals surface area (Å²) >= 11 is 1.64. The molecule has 3 heterocycles. The molecule has 108 valence electrons. The van der Waals surface area contributed by atoms with Crippen molar-refractivity contribution >= 4 is 23.2 Å². The minimum absolute atomic E-state index is 0.119. The van der Waals surface area contributed by atoms with Crippen LogP contribution in [0.4, 0.5) is 0 Å². The Morgan fingerprint density at radius 2 is 2.10 bits per heavy atom. The van der Waals surface area contributed by atoms with Gasteiger partial charge in [-0.15, -0.1) is 11.3 Å². The van der Waals surface area contributed by atoms with Gasteiger partial charge in [-0.2, -0.15) is 0 Å². The molecule has 0 N–H and O–H groups in total. The van der Waals surface area contributed by atoms with E-state index in [-0.39, 0.29) is 17.9 Å². The van der Waals surface area contributed by atoms with Crippen molar-refractivity contribution in [3.63, 3.8) is 0 Å². The van der Waals surface area contributed by atoms with Crippen molar-refractivity contribution in [2.75, 3.05) is 13.1 Å². The number of piperidine rings is 1. The van der Waals surface area contributed by atoms with E-state index in [9.17, 15) is 9.59 Å². The van der Waals surface area contributed by atoms with Gasteiger partial charge in [0.1, 0.15) is 6.04 Å². The van der Waals surface area contributed by atoms with E-state index in [4.69, 9.17) is 0 Å². The molecule has 2 amide bonds. The Balaban J connectivity index is 1.70. The summed E-state index contributed by atoms with van der Waals surface area (Å²) in [6, 6.07) is 3.78. The zero-order chi connectivity index (χ0) is 13.9. The van der Waals surface area contributed by atoms with Crippen LogP contribution in [-0.2, 0) is 16.1 Å². The number of amides is 2. The molecular weight excluding hydrogens is 272 g/mol. The molecule has 2 aliphatic rings. The summed E-state index contributed by atoms with van der Waals surface area (Å²) < 4.78 is 0. The van der Waals surface area contributed by atoms with Gasteiger partial charge in [-0.1, -0.05) is 6.07 Å². The van der Waals surface area contributed by atoms with Crippen molar-refractivity contribution in [3.05, 3.63) is 22.4 Å². The summed E-state index contributed by atoms with van der Waals surface area (Å²) in [5.74, 6) is 0.279. The molecule has 1 aromatic rings. The van der Waals surface area contributed by atoms with Gasteiger partial charge in [0.05, 0.1) is 6.54 Å². The predicted octanol–water partition coefficient (Wildman–Crippen LogP) is 2.25. The summed E-state index contributed by atoms with van der Waals surface area (Å²) in [5.41, 5.74) is 0. The third kappa shape index (κ3) is 2.73. The SMILES string of the molecule is O=C([C@@H]1CCC(=O)N1Cc1cccs1)N1CCCCC1. The molecule has 0 unspecified atom stereocenters. The van der Waals surface area contributed by atoms with Gasteiger partial charge < -0.3 is 9.80 Å². The molecule has 0 aliphatic carbocycles. The van der Waals surface area contributed by atoms with Gasteiger partial charge in [-0.05, 0) is 37.1 Å². The second-order valence-corrected chi connectivity index (χ2v) is 6.57. The lowest BCUT2D eigenvalue weighted by Gasteiger charge is -2.32. The lowest BCUT2D eigenvalue weighted by molar-refractivity contribution is -0.142. The second-order valence-electron chi connectivity index (χ2n) is 5.54. The fourth-order valence-electron chi connectivity index (χ4n) is 3.08.